The standard InChI is InChI=1S/C15H16N4/c1-12(13-5-7-16-8-6-13)17-10-14-11-18-19-9-3-2-4-15(14)19/h2-9,11-12,17H,10H2,1H3. The van der Waals surface area contributed by atoms with Gasteiger partial charge in [0.15, 0.2) is 0 Å². The molecule has 1 unspecified atom stereocenters. The summed E-state index contributed by atoms with van der Waals surface area (Å²) in [5, 5.41) is 7.85. The van der Waals surface area contributed by atoms with Crippen LogP contribution in [0.15, 0.2) is 55.1 Å². The maximum atomic E-state index is 4.34. The zero-order chi connectivity index (χ0) is 13.1. The van der Waals surface area contributed by atoms with Gasteiger partial charge in [0, 0.05) is 36.7 Å². The summed E-state index contributed by atoms with van der Waals surface area (Å²) in [5.41, 5.74) is 3.60. The lowest BCUT2D eigenvalue weighted by molar-refractivity contribution is 0.576. The Morgan fingerprint density at radius 3 is 2.89 bits per heavy atom. The summed E-state index contributed by atoms with van der Waals surface area (Å²) < 4.78 is 1.90. The molecule has 0 fully saturated rings. The molecule has 0 radical (unpaired) electrons. The summed E-state index contributed by atoms with van der Waals surface area (Å²) in [6.45, 7) is 2.96. The third-order valence-electron chi connectivity index (χ3n) is 3.31. The van der Waals surface area contributed by atoms with Gasteiger partial charge < -0.3 is 5.32 Å². The Labute approximate surface area is 112 Å². The average Bonchev–Trinajstić information content (AvgIpc) is 2.89. The first-order valence-electron chi connectivity index (χ1n) is 6.39. The number of nitrogens with one attached hydrogen (secondary N) is 1. The smallest absolute Gasteiger partial charge is 0.0706 e. The molecule has 3 aromatic heterocycles. The molecule has 1 N–H and O–H groups in total. The highest BCUT2D eigenvalue weighted by Gasteiger charge is 2.07. The predicted molar refractivity (Wildman–Crippen MR) is 74.7 cm³/mol. The van der Waals surface area contributed by atoms with Gasteiger partial charge in [-0.05, 0) is 36.8 Å². The largest absolute Gasteiger partial charge is 0.306 e. The van der Waals surface area contributed by atoms with Crippen LogP contribution in [0.4, 0.5) is 0 Å². The van der Waals surface area contributed by atoms with E-state index in [2.05, 4.69) is 28.4 Å². The number of pyridine rings is 2. The molecule has 19 heavy (non-hydrogen) atoms. The molecule has 0 amide bonds. The van der Waals surface area contributed by atoms with Crippen molar-refractivity contribution < 1.29 is 0 Å². The number of hydrogen-bond acceptors (Lipinski definition) is 3. The maximum Gasteiger partial charge on any atom is 0.0706 e. The van der Waals surface area contributed by atoms with Crippen LogP contribution < -0.4 is 5.32 Å². The molecule has 1 atom stereocenters. The SMILES string of the molecule is CC(NCc1cnn2ccccc12)c1ccncc1. The van der Waals surface area contributed by atoms with E-state index in [4.69, 9.17) is 0 Å². The van der Waals surface area contributed by atoms with Crippen LogP contribution in [0.25, 0.3) is 5.52 Å². The molecule has 3 aromatic rings. The van der Waals surface area contributed by atoms with Crippen LogP contribution in [0.5, 0.6) is 0 Å². The lowest BCUT2D eigenvalue weighted by Crippen LogP contribution is -2.17. The zero-order valence-electron chi connectivity index (χ0n) is 10.8. The third kappa shape index (κ3) is 2.48. The minimum Gasteiger partial charge on any atom is -0.306 e. The van der Waals surface area contributed by atoms with Gasteiger partial charge in [-0.2, -0.15) is 5.10 Å². The Hall–Kier alpha value is -2.20. The molecule has 96 valence electrons. The molecular formula is C15H16N4. The highest BCUT2D eigenvalue weighted by molar-refractivity contribution is 5.53. The number of nitrogens with zero attached hydrogens (tertiary/aromatic N) is 3. The van der Waals surface area contributed by atoms with E-state index in [1.165, 1.54) is 11.1 Å². The fourth-order valence-corrected chi connectivity index (χ4v) is 2.16. The van der Waals surface area contributed by atoms with Crippen molar-refractivity contribution in [3.8, 4) is 0 Å². The van der Waals surface area contributed by atoms with Crippen molar-refractivity contribution in [3.63, 3.8) is 0 Å². The van der Waals surface area contributed by atoms with Gasteiger partial charge in [0.2, 0.25) is 0 Å². The summed E-state index contributed by atoms with van der Waals surface area (Å²) in [7, 11) is 0. The van der Waals surface area contributed by atoms with Crippen molar-refractivity contribution in [1.82, 2.24) is 19.9 Å². The molecular weight excluding hydrogens is 236 g/mol. The van der Waals surface area contributed by atoms with Crippen LogP contribution in [0.2, 0.25) is 0 Å². The summed E-state index contributed by atoms with van der Waals surface area (Å²) in [4.78, 5) is 4.04. The van der Waals surface area contributed by atoms with Gasteiger partial charge >= 0.3 is 0 Å². The van der Waals surface area contributed by atoms with Crippen molar-refractivity contribution in [2.45, 2.75) is 19.5 Å². The van der Waals surface area contributed by atoms with Gasteiger partial charge in [-0.25, -0.2) is 4.52 Å². The summed E-state index contributed by atoms with van der Waals surface area (Å²) >= 11 is 0. The number of hydrogen-bond donors (Lipinski definition) is 1. The van der Waals surface area contributed by atoms with Crippen LogP contribution >= 0.6 is 0 Å². The van der Waals surface area contributed by atoms with Crippen LogP contribution in [0.1, 0.15) is 24.1 Å². The minimum absolute atomic E-state index is 0.293. The monoisotopic (exact) mass is 252 g/mol. The van der Waals surface area contributed by atoms with E-state index < -0.39 is 0 Å². The maximum absolute atomic E-state index is 4.34. The van der Waals surface area contributed by atoms with Crippen molar-refractivity contribution in [2.24, 2.45) is 0 Å². The second-order valence-electron chi connectivity index (χ2n) is 4.58. The van der Waals surface area contributed by atoms with Crippen molar-refractivity contribution in [1.29, 1.82) is 0 Å². The number of aromatic nitrogens is 3. The highest BCUT2D eigenvalue weighted by Crippen LogP contribution is 2.14. The van der Waals surface area contributed by atoms with Crippen LogP contribution in [0.3, 0.4) is 0 Å². The third-order valence-corrected chi connectivity index (χ3v) is 3.31. The number of rotatable bonds is 4. The molecule has 0 aromatic carbocycles. The van der Waals surface area contributed by atoms with E-state index in [1.807, 2.05) is 53.6 Å². The van der Waals surface area contributed by atoms with E-state index in [-0.39, 0.29) is 0 Å². The van der Waals surface area contributed by atoms with Gasteiger partial charge in [0.1, 0.15) is 0 Å². The van der Waals surface area contributed by atoms with Gasteiger partial charge in [0.25, 0.3) is 0 Å². The second kappa shape index (κ2) is 5.20. The zero-order valence-corrected chi connectivity index (χ0v) is 10.8. The molecule has 0 saturated heterocycles. The summed E-state index contributed by atoms with van der Waals surface area (Å²) in [5.74, 6) is 0. The van der Waals surface area contributed by atoms with Gasteiger partial charge in [-0.1, -0.05) is 6.07 Å². The van der Waals surface area contributed by atoms with E-state index in [1.54, 1.807) is 0 Å². The Balaban J connectivity index is 1.73. The van der Waals surface area contributed by atoms with E-state index in [0.717, 1.165) is 12.1 Å². The van der Waals surface area contributed by atoms with Crippen LogP contribution in [-0.2, 0) is 6.54 Å². The lowest BCUT2D eigenvalue weighted by atomic mass is 10.1. The molecule has 0 bridgehead atoms. The molecule has 3 rings (SSSR count). The summed E-state index contributed by atoms with van der Waals surface area (Å²) in [6.07, 6.45) is 7.53. The van der Waals surface area contributed by atoms with Gasteiger partial charge in [0.05, 0.1) is 11.7 Å². The van der Waals surface area contributed by atoms with Crippen molar-refractivity contribution in [2.75, 3.05) is 0 Å². The Bertz CT molecular complexity index is 660. The Morgan fingerprint density at radius 2 is 2.05 bits per heavy atom. The fourth-order valence-electron chi connectivity index (χ4n) is 2.16. The normalized spacial score (nSPS) is 12.7. The molecule has 0 spiro atoms. The molecule has 0 aliphatic carbocycles. The highest BCUT2D eigenvalue weighted by atomic mass is 15.2. The first kappa shape index (κ1) is 11.9. The Morgan fingerprint density at radius 1 is 1.21 bits per heavy atom. The van der Waals surface area contributed by atoms with Gasteiger partial charge in [-0.3, -0.25) is 4.98 Å². The first-order chi connectivity index (χ1) is 9.34. The van der Waals surface area contributed by atoms with E-state index in [0.29, 0.717) is 6.04 Å². The molecule has 0 aliphatic heterocycles. The van der Waals surface area contributed by atoms with Crippen molar-refractivity contribution >= 4 is 5.52 Å². The van der Waals surface area contributed by atoms with E-state index in [9.17, 15) is 0 Å². The molecule has 0 saturated carbocycles. The average molecular weight is 252 g/mol. The van der Waals surface area contributed by atoms with Gasteiger partial charge in [-0.15, -0.1) is 0 Å². The van der Waals surface area contributed by atoms with Crippen LogP contribution in [-0.4, -0.2) is 14.6 Å². The topological polar surface area (TPSA) is 42.2 Å². The molecule has 4 nitrogen and oxygen atoms in total. The molecule has 4 heteroatoms. The minimum atomic E-state index is 0.293. The molecule has 3 heterocycles. The predicted octanol–water partition coefficient (Wildman–Crippen LogP) is 2.58. The van der Waals surface area contributed by atoms with E-state index >= 15 is 0 Å². The lowest BCUT2D eigenvalue weighted by Gasteiger charge is -2.13. The summed E-state index contributed by atoms with van der Waals surface area (Å²) in [6, 6.07) is 10.5. The number of fused-ring (bicyclic) bond motifs is 1. The molecule has 0 aliphatic rings. The fraction of sp³-hybridized carbons (Fsp3) is 0.200. The second-order valence-corrected chi connectivity index (χ2v) is 4.58. The Kier molecular flexibility index (Phi) is 3.25. The van der Waals surface area contributed by atoms with Crippen LogP contribution in [0, 0.1) is 0 Å². The first-order valence-corrected chi connectivity index (χ1v) is 6.39. The van der Waals surface area contributed by atoms with Crippen molar-refractivity contribution in [3.05, 3.63) is 66.2 Å². The quantitative estimate of drug-likeness (QED) is 0.776.